The molecule has 1 aromatic carbocycles. The van der Waals surface area contributed by atoms with Crippen molar-refractivity contribution in [2.24, 2.45) is 11.8 Å². The number of rotatable bonds is 8. The second-order valence-corrected chi connectivity index (χ2v) is 7.08. The number of halogens is 2. The Labute approximate surface area is 163 Å². The Kier molecular flexibility index (Phi) is 10.4. The lowest BCUT2D eigenvalue weighted by Crippen LogP contribution is -2.41. The van der Waals surface area contributed by atoms with Crippen LogP contribution >= 0.6 is 24.8 Å². The summed E-state index contributed by atoms with van der Waals surface area (Å²) in [6, 6.07) is 10.7. The van der Waals surface area contributed by atoms with Crippen molar-refractivity contribution >= 4 is 30.7 Å². The standard InChI is InChI=1S/C19H29N3O.2ClH/c23-19(14-20-12-16-6-7-16)21-13-17-8-10-22(11-9-17)15-18-4-2-1-3-5-18;;/h1-5,16-17,20H,6-15H2,(H,21,23);2*1H. The molecule has 0 spiro atoms. The predicted octanol–water partition coefficient (Wildman–Crippen LogP) is 2.86. The maximum atomic E-state index is 11.8. The van der Waals surface area contributed by atoms with Gasteiger partial charge in [0.1, 0.15) is 0 Å². The van der Waals surface area contributed by atoms with Gasteiger partial charge in [-0.2, -0.15) is 0 Å². The third-order valence-corrected chi connectivity index (χ3v) is 4.96. The molecule has 142 valence electrons. The number of likely N-dealkylation sites (tertiary alicyclic amines) is 1. The molecule has 6 heteroatoms. The van der Waals surface area contributed by atoms with Crippen LogP contribution in [0.2, 0.25) is 0 Å². The summed E-state index contributed by atoms with van der Waals surface area (Å²) in [6.45, 7) is 5.63. The molecule has 2 N–H and O–H groups in total. The van der Waals surface area contributed by atoms with Crippen LogP contribution in [0.1, 0.15) is 31.2 Å². The van der Waals surface area contributed by atoms with E-state index in [9.17, 15) is 4.79 Å². The fourth-order valence-electron chi connectivity index (χ4n) is 3.22. The van der Waals surface area contributed by atoms with Gasteiger partial charge in [-0.3, -0.25) is 9.69 Å². The number of nitrogens with one attached hydrogen (secondary N) is 2. The predicted molar refractivity (Wildman–Crippen MR) is 108 cm³/mol. The zero-order valence-corrected chi connectivity index (χ0v) is 16.4. The average Bonchev–Trinajstić information content (AvgIpc) is 3.39. The fraction of sp³-hybridized carbons (Fsp3) is 0.632. The third-order valence-electron chi connectivity index (χ3n) is 4.96. The molecule has 0 bridgehead atoms. The van der Waals surface area contributed by atoms with Crippen molar-refractivity contribution < 1.29 is 4.79 Å². The van der Waals surface area contributed by atoms with Gasteiger partial charge in [0.2, 0.25) is 5.91 Å². The first kappa shape index (κ1) is 22.2. The Morgan fingerprint density at radius 2 is 1.60 bits per heavy atom. The molecule has 0 unspecified atom stereocenters. The van der Waals surface area contributed by atoms with E-state index in [-0.39, 0.29) is 30.7 Å². The van der Waals surface area contributed by atoms with Gasteiger partial charge in [-0.15, -0.1) is 24.8 Å². The minimum absolute atomic E-state index is 0. The molecule has 1 saturated carbocycles. The SMILES string of the molecule is Cl.Cl.O=C(CNCC1CC1)NCC1CCN(Cc2ccccc2)CC1. The molecule has 2 fully saturated rings. The molecular formula is C19H31Cl2N3O. The zero-order chi connectivity index (χ0) is 15.9. The summed E-state index contributed by atoms with van der Waals surface area (Å²) < 4.78 is 0. The Balaban J connectivity index is 0.00000156. The molecule has 3 rings (SSSR count). The molecule has 1 aromatic rings. The van der Waals surface area contributed by atoms with Crippen molar-refractivity contribution in [3.05, 3.63) is 35.9 Å². The maximum Gasteiger partial charge on any atom is 0.233 e. The number of amides is 1. The summed E-state index contributed by atoms with van der Waals surface area (Å²) in [7, 11) is 0. The minimum Gasteiger partial charge on any atom is -0.355 e. The van der Waals surface area contributed by atoms with E-state index >= 15 is 0 Å². The zero-order valence-electron chi connectivity index (χ0n) is 14.8. The van der Waals surface area contributed by atoms with Gasteiger partial charge in [-0.05, 0) is 62.7 Å². The molecule has 2 aliphatic rings. The van der Waals surface area contributed by atoms with E-state index in [4.69, 9.17) is 0 Å². The summed E-state index contributed by atoms with van der Waals surface area (Å²) >= 11 is 0. The molecule has 1 aliphatic carbocycles. The van der Waals surface area contributed by atoms with Gasteiger partial charge in [-0.25, -0.2) is 0 Å². The van der Waals surface area contributed by atoms with E-state index in [0.717, 1.165) is 38.6 Å². The molecule has 0 aromatic heterocycles. The smallest absolute Gasteiger partial charge is 0.233 e. The maximum absolute atomic E-state index is 11.8. The van der Waals surface area contributed by atoms with Crippen molar-refractivity contribution in [1.29, 1.82) is 0 Å². The first-order valence-corrected chi connectivity index (χ1v) is 9.03. The monoisotopic (exact) mass is 387 g/mol. The molecule has 0 radical (unpaired) electrons. The minimum atomic E-state index is 0. The summed E-state index contributed by atoms with van der Waals surface area (Å²) in [6.07, 6.45) is 5.03. The van der Waals surface area contributed by atoms with Crippen LogP contribution in [0.15, 0.2) is 30.3 Å². The van der Waals surface area contributed by atoms with Gasteiger partial charge in [0, 0.05) is 13.1 Å². The molecule has 1 amide bonds. The highest BCUT2D eigenvalue weighted by atomic mass is 35.5. The van der Waals surface area contributed by atoms with Crippen molar-refractivity contribution in [1.82, 2.24) is 15.5 Å². The molecule has 1 saturated heterocycles. The topological polar surface area (TPSA) is 44.4 Å². The molecule has 1 heterocycles. The van der Waals surface area contributed by atoms with Crippen LogP contribution in [-0.4, -0.2) is 43.5 Å². The molecule has 4 nitrogen and oxygen atoms in total. The summed E-state index contributed by atoms with van der Waals surface area (Å²) in [5, 5.41) is 6.34. The lowest BCUT2D eigenvalue weighted by molar-refractivity contribution is -0.120. The van der Waals surface area contributed by atoms with Gasteiger partial charge in [0.25, 0.3) is 0 Å². The van der Waals surface area contributed by atoms with E-state index in [1.165, 1.54) is 31.2 Å². The van der Waals surface area contributed by atoms with E-state index in [0.29, 0.717) is 12.5 Å². The van der Waals surface area contributed by atoms with Crippen LogP contribution in [0, 0.1) is 11.8 Å². The van der Waals surface area contributed by atoms with Crippen LogP contribution in [0.4, 0.5) is 0 Å². The number of hydrogen-bond donors (Lipinski definition) is 2. The lowest BCUT2D eigenvalue weighted by Gasteiger charge is -2.32. The quantitative estimate of drug-likeness (QED) is 0.720. The Bertz CT molecular complexity index is 489. The van der Waals surface area contributed by atoms with Gasteiger partial charge in [-0.1, -0.05) is 30.3 Å². The molecule has 25 heavy (non-hydrogen) atoms. The van der Waals surface area contributed by atoms with Crippen molar-refractivity contribution in [2.45, 2.75) is 32.2 Å². The van der Waals surface area contributed by atoms with Crippen molar-refractivity contribution in [3.8, 4) is 0 Å². The van der Waals surface area contributed by atoms with Crippen LogP contribution in [0.25, 0.3) is 0 Å². The van der Waals surface area contributed by atoms with Crippen LogP contribution < -0.4 is 10.6 Å². The number of piperidine rings is 1. The Hall–Kier alpha value is -0.810. The van der Waals surface area contributed by atoms with Crippen LogP contribution in [-0.2, 0) is 11.3 Å². The Morgan fingerprint density at radius 1 is 0.960 bits per heavy atom. The lowest BCUT2D eigenvalue weighted by atomic mass is 9.96. The summed E-state index contributed by atoms with van der Waals surface area (Å²) in [5.41, 5.74) is 1.39. The highest BCUT2D eigenvalue weighted by molar-refractivity contribution is 5.85. The number of nitrogens with zero attached hydrogens (tertiary/aromatic N) is 1. The number of hydrogen-bond acceptors (Lipinski definition) is 3. The van der Waals surface area contributed by atoms with E-state index in [1.54, 1.807) is 0 Å². The number of carbonyl (C=O) groups excluding carboxylic acids is 1. The molecular weight excluding hydrogens is 357 g/mol. The highest BCUT2D eigenvalue weighted by Gasteiger charge is 2.21. The number of carbonyl (C=O) groups is 1. The summed E-state index contributed by atoms with van der Waals surface area (Å²) in [4.78, 5) is 14.3. The van der Waals surface area contributed by atoms with Gasteiger partial charge in [0.15, 0.2) is 0 Å². The van der Waals surface area contributed by atoms with Gasteiger partial charge in [0.05, 0.1) is 6.54 Å². The first-order valence-electron chi connectivity index (χ1n) is 9.03. The first-order chi connectivity index (χ1) is 11.3. The Morgan fingerprint density at radius 3 is 2.24 bits per heavy atom. The number of benzene rings is 1. The normalized spacial score (nSPS) is 18.1. The second kappa shape index (κ2) is 11.7. The van der Waals surface area contributed by atoms with Crippen molar-refractivity contribution in [2.75, 3.05) is 32.7 Å². The van der Waals surface area contributed by atoms with E-state index in [1.807, 2.05) is 0 Å². The average molecular weight is 388 g/mol. The van der Waals surface area contributed by atoms with E-state index < -0.39 is 0 Å². The van der Waals surface area contributed by atoms with Gasteiger partial charge < -0.3 is 10.6 Å². The molecule has 1 aliphatic heterocycles. The second-order valence-electron chi connectivity index (χ2n) is 7.08. The van der Waals surface area contributed by atoms with Crippen LogP contribution in [0.5, 0.6) is 0 Å². The van der Waals surface area contributed by atoms with E-state index in [2.05, 4.69) is 45.9 Å². The highest BCUT2D eigenvalue weighted by Crippen LogP contribution is 2.27. The largest absolute Gasteiger partial charge is 0.355 e. The van der Waals surface area contributed by atoms with Gasteiger partial charge >= 0.3 is 0 Å². The third kappa shape index (κ3) is 8.41. The molecule has 0 atom stereocenters. The summed E-state index contributed by atoms with van der Waals surface area (Å²) in [5.74, 6) is 1.61. The van der Waals surface area contributed by atoms with Crippen molar-refractivity contribution in [3.63, 3.8) is 0 Å². The van der Waals surface area contributed by atoms with Crippen LogP contribution in [0.3, 0.4) is 0 Å². The fourth-order valence-corrected chi connectivity index (χ4v) is 3.22.